The fraction of sp³-hybridized carbons (Fsp3) is 0.417. The predicted octanol–water partition coefficient (Wildman–Crippen LogP) is 2.00. The van der Waals surface area contributed by atoms with E-state index in [1.54, 1.807) is 6.92 Å². The summed E-state index contributed by atoms with van der Waals surface area (Å²) in [5.41, 5.74) is 0.884. The highest BCUT2D eigenvalue weighted by Crippen LogP contribution is 2.18. The summed E-state index contributed by atoms with van der Waals surface area (Å²) in [7, 11) is 0. The van der Waals surface area contributed by atoms with Crippen molar-refractivity contribution < 1.29 is 19.4 Å². The van der Waals surface area contributed by atoms with Gasteiger partial charge in [-0.3, -0.25) is 4.79 Å². The topological polar surface area (TPSA) is 76.5 Å². The monoisotopic (exact) mass is 269 g/mol. The average molecular weight is 269 g/mol. The van der Waals surface area contributed by atoms with Crippen molar-refractivity contribution in [1.29, 1.82) is 0 Å². The van der Waals surface area contributed by atoms with E-state index in [4.69, 9.17) is 9.84 Å². The van der Waals surface area contributed by atoms with E-state index in [1.165, 1.54) is 23.9 Å². The molecule has 18 heavy (non-hydrogen) atoms. The number of rotatable bonds is 6. The molecule has 0 spiro atoms. The average Bonchev–Trinajstić information content (AvgIpc) is 2.36. The minimum Gasteiger partial charge on any atom is -0.478 e. The van der Waals surface area contributed by atoms with Gasteiger partial charge in [0.15, 0.2) is 0 Å². The number of aromatic nitrogens is 1. The first-order valence-electron chi connectivity index (χ1n) is 5.59. The number of carbonyl (C=O) groups excluding carboxylic acids is 1. The largest absolute Gasteiger partial charge is 0.478 e. The van der Waals surface area contributed by atoms with Crippen LogP contribution in [0.1, 0.15) is 29.9 Å². The van der Waals surface area contributed by atoms with Crippen LogP contribution in [0.15, 0.2) is 17.2 Å². The van der Waals surface area contributed by atoms with Crippen molar-refractivity contribution in [2.24, 2.45) is 0 Å². The molecule has 5 nitrogen and oxygen atoms in total. The lowest BCUT2D eigenvalue weighted by atomic mass is 10.2. The molecule has 6 heteroatoms. The summed E-state index contributed by atoms with van der Waals surface area (Å²) in [6.07, 6.45) is 0.647. The highest BCUT2D eigenvalue weighted by Gasteiger charge is 2.10. The molecule has 0 saturated heterocycles. The number of thioether (sulfide) groups is 1. The molecule has 0 radical (unpaired) electrons. The van der Waals surface area contributed by atoms with E-state index in [-0.39, 0.29) is 17.3 Å². The van der Waals surface area contributed by atoms with Gasteiger partial charge in [0.1, 0.15) is 0 Å². The Balaban J connectivity index is 2.78. The van der Waals surface area contributed by atoms with Gasteiger partial charge >= 0.3 is 11.9 Å². The minimum atomic E-state index is -0.995. The minimum absolute atomic E-state index is 0.132. The summed E-state index contributed by atoms with van der Waals surface area (Å²) in [6.45, 7) is 3.97. The molecule has 0 aromatic carbocycles. The van der Waals surface area contributed by atoms with Crippen LogP contribution in [0.25, 0.3) is 0 Å². The Bertz CT molecular complexity index is 448. The normalized spacial score (nSPS) is 10.1. The Morgan fingerprint density at radius 3 is 2.67 bits per heavy atom. The maximum Gasteiger partial charge on any atom is 0.335 e. The molecule has 98 valence electrons. The maximum absolute atomic E-state index is 11.2. The molecule has 0 atom stereocenters. The highest BCUT2D eigenvalue weighted by molar-refractivity contribution is 7.99. The summed E-state index contributed by atoms with van der Waals surface area (Å²) in [5, 5.41) is 9.49. The van der Waals surface area contributed by atoms with Crippen LogP contribution in [-0.2, 0) is 16.0 Å². The van der Waals surface area contributed by atoms with Crippen LogP contribution in [0.5, 0.6) is 0 Å². The molecule has 0 bridgehead atoms. The zero-order valence-electron chi connectivity index (χ0n) is 10.3. The third-order valence-corrected chi connectivity index (χ3v) is 2.99. The first kappa shape index (κ1) is 14.5. The molecular formula is C12H15NO4S. The quantitative estimate of drug-likeness (QED) is 0.628. The lowest BCUT2D eigenvalue weighted by molar-refractivity contribution is -0.139. The number of carbonyl (C=O) groups is 2. The number of ether oxygens (including phenoxy) is 1. The van der Waals surface area contributed by atoms with Crippen molar-refractivity contribution in [2.75, 3.05) is 12.4 Å². The summed E-state index contributed by atoms with van der Waals surface area (Å²) in [6, 6.07) is 3.00. The molecule has 0 amide bonds. The lowest BCUT2D eigenvalue weighted by Gasteiger charge is -2.05. The van der Waals surface area contributed by atoms with E-state index in [0.717, 1.165) is 0 Å². The number of aromatic carboxylic acids is 1. The van der Waals surface area contributed by atoms with Gasteiger partial charge in [-0.05, 0) is 25.5 Å². The number of aryl methyl sites for hydroxylation is 1. The van der Waals surface area contributed by atoms with E-state index in [0.29, 0.717) is 23.7 Å². The number of carboxylic acids is 1. The second kappa shape index (κ2) is 7.00. The Morgan fingerprint density at radius 2 is 2.11 bits per heavy atom. The van der Waals surface area contributed by atoms with E-state index < -0.39 is 5.97 Å². The van der Waals surface area contributed by atoms with E-state index in [9.17, 15) is 9.59 Å². The maximum atomic E-state index is 11.2. The fourth-order valence-corrected chi connectivity index (χ4v) is 2.02. The molecule has 0 aliphatic carbocycles. The summed E-state index contributed by atoms with van der Waals surface area (Å²) in [5.74, 6) is -1.19. The van der Waals surface area contributed by atoms with Crippen LogP contribution in [0.2, 0.25) is 0 Å². The number of nitrogens with zero attached hydrogens (tertiary/aromatic N) is 1. The molecule has 1 rings (SSSR count). The van der Waals surface area contributed by atoms with Crippen molar-refractivity contribution in [2.45, 2.75) is 25.3 Å². The second-order valence-corrected chi connectivity index (χ2v) is 4.43. The third kappa shape index (κ3) is 4.37. The number of hydrogen-bond acceptors (Lipinski definition) is 5. The molecule has 0 fully saturated rings. The zero-order chi connectivity index (χ0) is 13.5. The molecule has 1 heterocycles. The van der Waals surface area contributed by atoms with E-state index in [2.05, 4.69) is 4.98 Å². The van der Waals surface area contributed by atoms with Crippen LogP contribution in [0.4, 0.5) is 0 Å². The molecular weight excluding hydrogens is 254 g/mol. The van der Waals surface area contributed by atoms with Crippen LogP contribution in [0.3, 0.4) is 0 Å². The van der Waals surface area contributed by atoms with E-state index in [1.807, 2.05) is 6.92 Å². The van der Waals surface area contributed by atoms with Crippen molar-refractivity contribution in [3.8, 4) is 0 Å². The van der Waals surface area contributed by atoms with Crippen molar-refractivity contribution in [3.05, 3.63) is 23.4 Å². The Morgan fingerprint density at radius 1 is 1.39 bits per heavy atom. The van der Waals surface area contributed by atoms with E-state index >= 15 is 0 Å². The molecule has 1 N–H and O–H groups in total. The first-order chi connectivity index (χ1) is 8.56. The lowest BCUT2D eigenvalue weighted by Crippen LogP contribution is -2.07. The number of carboxylic acid groups (broad SMARTS) is 1. The van der Waals surface area contributed by atoms with Crippen LogP contribution < -0.4 is 0 Å². The van der Waals surface area contributed by atoms with Gasteiger partial charge < -0.3 is 9.84 Å². The van der Waals surface area contributed by atoms with Crippen LogP contribution in [-0.4, -0.2) is 34.4 Å². The summed E-state index contributed by atoms with van der Waals surface area (Å²) in [4.78, 5) is 26.4. The molecule has 1 aromatic heterocycles. The molecule has 0 unspecified atom stereocenters. The molecule has 0 aliphatic rings. The van der Waals surface area contributed by atoms with Crippen molar-refractivity contribution in [3.63, 3.8) is 0 Å². The van der Waals surface area contributed by atoms with Gasteiger partial charge in [-0.15, -0.1) is 0 Å². The van der Waals surface area contributed by atoms with Gasteiger partial charge in [0.2, 0.25) is 0 Å². The number of pyridine rings is 1. The van der Waals surface area contributed by atoms with Gasteiger partial charge in [-0.25, -0.2) is 9.78 Å². The van der Waals surface area contributed by atoms with Gasteiger partial charge in [0.05, 0.1) is 22.9 Å². The predicted molar refractivity (Wildman–Crippen MR) is 67.9 cm³/mol. The highest BCUT2D eigenvalue weighted by atomic mass is 32.2. The summed E-state index contributed by atoms with van der Waals surface area (Å²) < 4.78 is 4.79. The van der Waals surface area contributed by atoms with Crippen molar-refractivity contribution in [1.82, 2.24) is 4.98 Å². The van der Waals surface area contributed by atoms with Gasteiger partial charge in [-0.1, -0.05) is 18.7 Å². The standard InChI is InChI=1S/C12H15NO4S/c1-3-9-5-8(12(15)16)6-10(13-9)18-7-11(14)17-4-2/h5-6H,3-4,7H2,1-2H3,(H,15,16). The smallest absolute Gasteiger partial charge is 0.335 e. The molecule has 0 saturated carbocycles. The second-order valence-electron chi connectivity index (χ2n) is 3.44. The van der Waals surface area contributed by atoms with Gasteiger partial charge in [0.25, 0.3) is 0 Å². The fourth-order valence-electron chi connectivity index (χ4n) is 1.27. The Labute approximate surface area is 110 Å². The van der Waals surface area contributed by atoms with Crippen LogP contribution in [0, 0.1) is 0 Å². The zero-order valence-corrected chi connectivity index (χ0v) is 11.1. The number of hydrogen-bond donors (Lipinski definition) is 1. The summed E-state index contributed by atoms with van der Waals surface area (Å²) >= 11 is 1.18. The Kier molecular flexibility index (Phi) is 5.64. The number of esters is 1. The SMILES string of the molecule is CCOC(=O)CSc1cc(C(=O)O)cc(CC)n1. The van der Waals surface area contributed by atoms with Crippen molar-refractivity contribution >= 4 is 23.7 Å². The van der Waals surface area contributed by atoms with Gasteiger partial charge in [0, 0.05) is 5.69 Å². The first-order valence-corrected chi connectivity index (χ1v) is 6.58. The van der Waals surface area contributed by atoms with Gasteiger partial charge in [-0.2, -0.15) is 0 Å². The Hall–Kier alpha value is -1.56. The van der Waals surface area contributed by atoms with Crippen LogP contribution >= 0.6 is 11.8 Å². The molecule has 1 aromatic rings. The third-order valence-electron chi connectivity index (χ3n) is 2.11. The molecule has 0 aliphatic heterocycles.